The maximum atomic E-state index is 8.66. The lowest BCUT2D eigenvalue weighted by Gasteiger charge is -2.40. The average Bonchev–Trinajstić information content (AvgIpc) is 1.55. The Morgan fingerprint density at radius 3 is 0.960 bits per heavy atom. The van der Waals surface area contributed by atoms with Gasteiger partial charge in [-0.2, -0.15) is 0 Å². The highest BCUT2D eigenvalue weighted by Crippen LogP contribution is 2.56. The highest BCUT2D eigenvalue weighted by atomic mass is 15.2. The van der Waals surface area contributed by atoms with Crippen LogP contribution in [-0.2, 0) is 16.2 Å². The molecule has 618 valence electrons. The fourth-order valence-corrected chi connectivity index (χ4v) is 20.1. The van der Waals surface area contributed by atoms with Crippen LogP contribution < -0.4 is 14.7 Å². The summed E-state index contributed by atoms with van der Waals surface area (Å²) in [5.41, 5.74) is 39.1. The predicted octanol–water partition coefficient (Wildman–Crippen LogP) is 33.8. The molecule has 16 aromatic rings. The summed E-state index contributed by atoms with van der Waals surface area (Å²) < 4.78 is 51.9. The van der Waals surface area contributed by atoms with Crippen LogP contribution >= 0.6 is 0 Å². The van der Waals surface area contributed by atoms with E-state index in [1.165, 1.54) is 100 Å². The summed E-state index contributed by atoms with van der Waals surface area (Å²) in [6, 6.07) is 121. The largest absolute Gasteiger partial charge is 0.336 e. The van der Waals surface area contributed by atoms with E-state index in [1.807, 2.05) is 42.5 Å². The van der Waals surface area contributed by atoms with Gasteiger partial charge in [0.1, 0.15) is 0 Å². The maximum absolute atomic E-state index is 8.66. The van der Waals surface area contributed by atoms with Gasteiger partial charge in [-0.1, -0.05) is 321 Å². The molecule has 0 spiro atoms. The van der Waals surface area contributed by atoms with E-state index in [9.17, 15) is 0 Å². The Morgan fingerprint density at radius 1 is 0.202 bits per heavy atom. The highest BCUT2D eigenvalue weighted by molar-refractivity contribution is 6.06. The van der Waals surface area contributed by atoms with E-state index in [0.29, 0.717) is 11.1 Å². The Kier molecular flexibility index (Phi) is 19.7. The van der Waals surface area contributed by atoms with E-state index in [-0.39, 0.29) is 32.9 Å². The summed E-state index contributed by atoms with van der Waals surface area (Å²) in [5, 5.41) is 2.12. The first-order chi connectivity index (χ1) is 61.6. The lowest BCUT2D eigenvalue weighted by molar-refractivity contribution is 0.559. The lowest BCUT2D eigenvalue weighted by atomic mass is 9.80. The van der Waals surface area contributed by atoms with E-state index >= 15 is 0 Å². The molecule has 0 heterocycles. The first-order valence-electron chi connectivity index (χ1n) is 47.0. The number of para-hydroxylation sites is 1. The van der Waals surface area contributed by atoms with Crippen molar-refractivity contribution in [3.05, 3.63) is 406 Å². The van der Waals surface area contributed by atoms with Crippen molar-refractivity contribution >= 4 is 44.9 Å². The molecule has 3 nitrogen and oxygen atoms in total. The van der Waals surface area contributed by atoms with Gasteiger partial charge in [-0.15, -0.1) is 0 Å². The molecule has 0 fully saturated rings. The van der Waals surface area contributed by atoms with E-state index in [4.69, 9.17) is 8.22 Å². The fraction of sp³-hybridized carbons (Fsp3) is 0.223. The van der Waals surface area contributed by atoms with Crippen LogP contribution in [0, 0.1) is 41.4 Å². The number of nitrogens with zero attached hydrogens (tertiary/aromatic N) is 3. The number of rotatable bonds is 12. The second-order valence-electron chi connectivity index (χ2n) is 39.0. The Balaban J connectivity index is 0.000000137. The van der Waals surface area contributed by atoms with Crippen LogP contribution in [0.3, 0.4) is 0 Å². The second kappa shape index (κ2) is 32.1. The molecule has 0 aromatic heterocycles. The molecule has 3 aliphatic rings. The number of aryl methyl sites for hydroxylation is 6. The molecular weight excluding hydrogens is 1500 g/mol. The van der Waals surface area contributed by atoms with Gasteiger partial charge in [-0.05, 0) is 331 Å². The van der Waals surface area contributed by atoms with Crippen LogP contribution in [0.4, 0.5) is 34.1 Å². The molecular formula is C121H119N3. The van der Waals surface area contributed by atoms with Crippen molar-refractivity contribution in [2.24, 2.45) is 0 Å². The number of hydrogen-bond donors (Lipinski definition) is 0. The van der Waals surface area contributed by atoms with Crippen LogP contribution in [0.5, 0.6) is 0 Å². The standard InChI is InChI=1S/C43H41N.2C39H39N/c1-28-21-22-31(30-15-9-8-10-16-30)26-41(28)44(42(3,4)5)40-24-23-33(32-17-11-12-19-35(32)40)36-27-39-37(25-29(36)2)34-18-13-14-20-38(34)43(39,6)7;1-26-21-22-29(28-15-9-8-10-16-28)24-37(26)40(38(3,4)5)36-20-14-12-18-31(36)32-25-35-33(23-27(32)2)30-17-11-13-19-34(30)39(35,6)7;1-26-20-21-29(28-14-9-8-10-15-28)24-37(26)40(38(3,4)5)31-17-13-16-30(23-31)33-25-36-34(22-27(33)2)32-18-11-12-19-35(32)39(36,6)7/h8-27H,1-7H3;2*8-25H,1-7H3/i2*2D3;. The second-order valence-corrected chi connectivity index (χ2v) is 39.0. The Labute approximate surface area is 747 Å². The summed E-state index contributed by atoms with van der Waals surface area (Å²) in [6.07, 6.45) is 0. The molecule has 0 amide bonds. The Morgan fingerprint density at radius 2 is 0.540 bits per heavy atom. The van der Waals surface area contributed by atoms with Crippen LogP contribution in [0.25, 0.3) is 111 Å². The van der Waals surface area contributed by atoms with Gasteiger partial charge in [0.15, 0.2) is 0 Å². The number of fused-ring (bicyclic) bond motifs is 10. The van der Waals surface area contributed by atoms with Crippen molar-refractivity contribution in [2.75, 3.05) is 14.7 Å². The summed E-state index contributed by atoms with van der Waals surface area (Å²) in [6.45, 7) is 38.2. The SMILES string of the molecule is Cc1cc2c(cc1-c1cccc(N(c3cc(-c4ccccc4)ccc3C)C(C)(C)C)c1)C(C)(C)c1ccccc1-2.[2H]C([2H])([2H])c1cc2c(cc1-c1ccc(N(c3cc(-c4ccccc4)ccc3C)C(C)(C)C)c3ccccc13)C(C)(C)c1ccccc1-2.[2H]C([2H])([2H])c1cc2c(cc1-c1ccccc1N(c1cc(-c3ccccc3)ccc1C)C(C)(C)C)C(C)(C)c1ccccc1-2. The van der Waals surface area contributed by atoms with Crippen molar-refractivity contribution < 1.29 is 8.22 Å². The molecule has 0 radical (unpaired) electrons. The number of benzene rings is 16. The normalized spacial score (nSPS) is 14.5. The third-order valence-electron chi connectivity index (χ3n) is 26.3. The van der Waals surface area contributed by atoms with E-state index in [0.717, 1.165) is 100 Å². The summed E-state index contributed by atoms with van der Waals surface area (Å²) in [7, 11) is 0. The van der Waals surface area contributed by atoms with Gasteiger partial charge < -0.3 is 14.7 Å². The lowest BCUT2D eigenvalue weighted by Crippen LogP contribution is -2.38. The molecule has 124 heavy (non-hydrogen) atoms. The van der Waals surface area contributed by atoms with Gasteiger partial charge in [-0.25, -0.2) is 0 Å². The van der Waals surface area contributed by atoms with Crippen molar-refractivity contribution in [2.45, 2.75) is 178 Å². The number of hydrogen-bond acceptors (Lipinski definition) is 3. The molecule has 0 saturated heterocycles. The Bertz CT molecular complexity index is 7030. The van der Waals surface area contributed by atoms with Crippen molar-refractivity contribution in [1.29, 1.82) is 0 Å². The van der Waals surface area contributed by atoms with E-state index < -0.39 is 13.7 Å². The van der Waals surface area contributed by atoms with Crippen LogP contribution in [-0.4, -0.2) is 16.6 Å². The Hall–Kier alpha value is -12.8. The minimum absolute atomic E-state index is 0.0155. The average molecular weight is 1620 g/mol. The molecule has 0 saturated carbocycles. The quantitative estimate of drug-likeness (QED) is 0.121. The van der Waals surface area contributed by atoms with Gasteiger partial charge in [0.25, 0.3) is 0 Å². The molecule has 0 unspecified atom stereocenters. The zero-order valence-corrected chi connectivity index (χ0v) is 75.7. The van der Waals surface area contributed by atoms with Gasteiger partial charge in [0.2, 0.25) is 0 Å². The number of anilines is 6. The van der Waals surface area contributed by atoms with Crippen LogP contribution in [0.15, 0.2) is 340 Å². The minimum Gasteiger partial charge on any atom is -0.336 e. The van der Waals surface area contributed by atoms with Gasteiger partial charge in [0, 0.05) is 86.2 Å². The zero-order valence-electron chi connectivity index (χ0n) is 81.7. The minimum atomic E-state index is -2.28. The topological polar surface area (TPSA) is 9.72 Å². The molecule has 0 N–H and O–H groups in total. The maximum Gasteiger partial charge on any atom is 0.0495 e. The van der Waals surface area contributed by atoms with Crippen molar-refractivity contribution in [1.82, 2.24) is 0 Å². The monoisotopic (exact) mass is 1620 g/mol. The molecule has 0 aliphatic heterocycles. The summed E-state index contributed by atoms with van der Waals surface area (Å²) in [4.78, 5) is 7.31. The fourth-order valence-electron chi connectivity index (χ4n) is 20.1. The molecule has 3 heteroatoms. The first-order valence-corrected chi connectivity index (χ1v) is 44.0. The highest BCUT2D eigenvalue weighted by Gasteiger charge is 2.40. The third kappa shape index (κ3) is 15.2. The van der Waals surface area contributed by atoms with Gasteiger partial charge in [-0.3, -0.25) is 0 Å². The first kappa shape index (κ1) is 76.1. The summed E-state index contributed by atoms with van der Waals surface area (Å²) in [5.74, 6) is 0. The van der Waals surface area contributed by atoms with Crippen molar-refractivity contribution in [3.8, 4) is 100 Å². The van der Waals surface area contributed by atoms with Crippen molar-refractivity contribution in [3.63, 3.8) is 0 Å². The molecule has 16 aromatic carbocycles. The predicted molar refractivity (Wildman–Crippen MR) is 536 cm³/mol. The summed E-state index contributed by atoms with van der Waals surface area (Å²) >= 11 is 0. The van der Waals surface area contributed by atoms with Crippen LogP contribution in [0.2, 0.25) is 0 Å². The van der Waals surface area contributed by atoms with Gasteiger partial charge in [0.05, 0.1) is 0 Å². The van der Waals surface area contributed by atoms with E-state index in [2.05, 4.69) is 444 Å². The smallest absolute Gasteiger partial charge is 0.0495 e. The molecule has 3 aliphatic carbocycles. The zero-order chi connectivity index (χ0) is 92.3. The van der Waals surface area contributed by atoms with E-state index in [1.54, 1.807) is 0 Å². The molecule has 19 rings (SSSR count). The third-order valence-corrected chi connectivity index (χ3v) is 26.3. The molecule has 0 bridgehead atoms. The van der Waals surface area contributed by atoms with Gasteiger partial charge >= 0.3 is 0 Å². The molecule has 0 atom stereocenters. The van der Waals surface area contributed by atoms with Crippen LogP contribution in [0.1, 0.15) is 179 Å².